The van der Waals surface area contributed by atoms with Gasteiger partial charge in [0.05, 0.1) is 24.8 Å². The molecule has 7 nitrogen and oxygen atoms in total. The van der Waals surface area contributed by atoms with E-state index in [9.17, 15) is 14.7 Å². The average molecular weight is 341 g/mol. The Morgan fingerprint density at radius 1 is 1.44 bits per heavy atom. The lowest BCUT2D eigenvalue weighted by molar-refractivity contribution is -0.142. The van der Waals surface area contributed by atoms with E-state index in [1.165, 1.54) is 0 Å². The van der Waals surface area contributed by atoms with Gasteiger partial charge in [0.15, 0.2) is 0 Å². The fraction of sp³-hybridized carbons (Fsp3) is 0.389. The first kappa shape index (κ1) is 15.7. The molecule has 3 heterocycles. The number of aryl methyl sites for hydroxylation is 1. The fourth-order valence-corrected chi connectivity index (χ4v) is 3.75. The second-order valence-electron chi connectivity index (χ2n) is 6.60. The molecule has 2 aromatic rings. The number of fused-ring (bicyclic) bond motifs is 1. The zero-order valence-electron chi connectivity index (χ0n) is 13.9. The predicted octanol–water partition coefficient (Wildman–Crippen LogP) is 1.53. The molecule has 130 valence electrons. The summed E-state index contributed by atoms with van der Waals surface area (Å²) in [7, 11) is 1.81. The summed E-state index contributed by atoms with van der Waals surface area (Å²) in [4.78, 5) is 25.9. The molecular formula is C18H19N3O4. The van der Waals surface area contributed by atoms with Crippen LogP contribution in [0.15, 0.2) is 30.6 Å². The fourth-order valence-electron chi connectivity index (χ4n) is 3.75. The second-order valence-corrected chi connectivity index (χ2v) is 6.60. The molecular weight excluding hydrogens is 322 g/mol. The molecule has 25 heavy (non-hydrogen) atoms. The number of hydrogen-bond acceptors (Lipinski definition) is 4. The number of likely N-dealkylation sites (tertiary alicyclic amines) is 1. The number of aromatic nitrogens is 2. The molecule has 0 aliphatic carbocycles. The van der Waals surface area contributed by atoms with E-state index in [0.717, 1.165) is 28.9 Å². The van der Waals surface area contributed by atoms with Gasteiger partial charge in [-0.2, -0.15) is 5.10 Å². The van der Waals surface area contributed by atoms with E-state index in [2.05, 4.69) is 5.10 Å². The standard InChI is InChI=1S/C18H19N3O4/c1-20-9-11(8-19-20)10-21-16(22)7-14(18(23)24)17(21)13-2-3-15-12(6-13)4-5-25-15/h2-3,6,8-9,14,17H,4-5,7,10H2,1H3,(H,23,24). The minimum atomic E-state index is -0.941. The van der Waals surface area contributed by atoms with Gasteiger partial charge in [0, 0.05) is 38.2 Å². The van der Waals surface area contributed by atoms with E-state index in [1.54, 1.807) is 15.8 Å². The minimum absolute atomic E-state index is 0.0217. The molecule has 1 N–H and O–H groups in total. The summed E-state index contributed by atoms with van der Waals surface area (Å²) in [5.41, 5.74) is 2.81. The third-order valence-corrected chi connectivity index (χ3v) is 4.92. The smallest absolute Gasteiger partial charge is 0.309 e. The largest absolute Gasteiger partial charge is 0.493 e. The van der Waals surface area contributed by atoms with Crippen LogP contribution in [0.1, 0.15) is 29.2 Å². The lowest BCUT2D eigenvalue weighted by Gasteiger charge is -2.27. The summed E-state index contributed by atoms with van der Waals surface area (Å²) < 4.78 is 7.20. The van der Waals surface area contributed by atoms with E-state index in [4.69, 9.17) is 4.74 Å². The Balaban J connectivity index is 1.70. The Morgan fingerprint density at radius 2 is 2.28 bits per heavy atom. The van der Waals surface area contributed by atoms with Crippen molar-refractivity contribution in [2.45, 2.75) is 25.4 Å². The van der Waals surface area contributed by atoms with Crippen LogP contribution in [0, 0.1) is 5.92 Å². The summed E-state index contributed by atoms with van der Waals surface area (Å²) in [5.74, 6) is -0.981. The molecule has 0 bridgehead atoms. The Bertz CT molecular complexity index is 845. The molecule has 2 aliphatic heterocycles. The topological polar surface area (TPSA) is 84.7 Å². The van der Waals surface area contributed by atoms with E-state index in [0.29, 0.717) is 13.2 Å². The van der Waals surface area contributed by atoms with Crippen LogP contribution in [0.5, 0.6) is 5.75 Å². The second kappa shape index (κ2) is 5.91. The van der Waals surface area contributed by atoms with Crippen LogP contribution in [0.25, 0.3) is 0 Å². The van der Waals surface area contributed by atoms with Crippen LogP contribution in [-0.2, 0) is 29.6 Å². The number of carbonyl (C=O) groups excluding carboxylic acids is 1. The Labute approximate surface area is 144 Å². The van der Waals surface area contributed by atoms with Crippen molar-refractivity contribution in [2.24, 2.45) is 13.0 Å². The van der Waals surface area contributed by atoms with Crippen molar-refractivity contribution in [1.82, 2.24) is 14.7 Å². The number of benzene rings is 1. The number of nitrogens with zero attached hydrogens (tertiary/aromatic N) is 3. The third kappa shape index (κ3) is 2.75. The third-order valence-electron chi connectivity index (χ3n) is 4.92. The molecule has 2 aliphatic rings. The van der Waals surface area contributed by atoms with Crippen molar-refractivity contribution in [2.75, 3.05) is 6.61 Å². The van der Waals surface area contributed by atoms with Gasteiger partial charge in [0.2, 0.25) is 5.91 Å². The van der Waals surface area contributed by atoms with E-state index in [-0.39, 0.29) is 12.3 Å². The first-order valence-corrected chi connectivity index (χ1v) is 8.28. The molecule has 2 unspecified atom stereocenters. The van der Waals surface area contributed by atoms with E-state index in [1.807, 2.05) is 31.4 Å². The number of rotatable bonds is 4. The monoisotopic (exact) mass is 341 g/mol. The summed E-state index contributed by atoms with van der Waals surface area (Å²) in [6, 6.07) is 5.26. The lowest BCUT2D eigenvalue weighted by Crippen LogP contribution is -2.30. The van der Waals surface area contributed by atoms with Gasteiger partial charge in [-0.15, -0.1) is 0 Å². The number of carbonyl (C=O) groups is 2. The molecule has 1 aromatic carbocycles. The molecule has 7 heteroatoms. The maximum Gasteiger partial charge on any atom is 0.309 e. The first-order chi connectivity index (χ1) is 12.0. The Morgan fingerprint density at radius 3 is 3.00 bits per heavy atom. The van der Waals surface area contributed by atoms with Crippen molar-refractivity contribution >= 4 is 11.9 Å². The van der Waals surface area contributed by atoms with Gasteiger partial charge in [-0.3, -0.25) is 14.3 Å². The van der Waals surface area contributed by atoms with Crippen molar-refractivity contribution in [3.05, 3.63) is 47.3 Å². The van der Waals surface area contributed by atoms with Gasteiger partial charge in [-0.1, -0.05) is 6.07 Å². The summed E-state index contributed by atoms with van der Waals surface area (Å²) >= 11 is 0. The van der Waals surface area contributed by atoms with Gasteiger partial charge in [0.25, 0.3) is 0 Å². The maximum absolute atomic E-state index is 12.5. The molecule has 2 atom stereocenters. The quantitative estimate of drug-likeness (QED) is 0.912. The SMILES string of the molecule is Cn1cc(CN2C(=O)CC(C(=O)O)C2c2ccc3c(c2)CCO3)cn1. The number of carboxylic acid groups (broad SMARTS) is 1. The van der Waals surface area contributed by atoms with Crippen LogP contribution in [0.4, 0.5) is 0 Å². The van der Waals surface area contributed by atoms with Gasteiger partial charge in [0.1, 0.15) is 5.75 Å². The normalized spacial score (nSPS) is 22.1. The summed E-state index contributed by atoms with van der Waals surface area (Å²) in [6.45, 7) is 0.999. The number of ether oxygens (including phenoxy) is 1. The van der Waals surface area contributed by atoms with Crippen LogP contribution >= 0.6 is 0 Å². The van der Waals surface area contributed by atoms with Crippen molar-refractivity contribution in [3.8, 4) is 5.75 Å². The Hall–Kier alpha value is -2.83. The molecule has 0 spiro atoms. The van der Waals surface area contributed by atoms with Gasteiger partial charge in [-0.05, 0) is 23.3 Å². The van der Waals surface area contributed by atoms with Crippen molar-refractivity contribution < 1.29 is 19.4 Å². The number of aliphatic carboxylic acids is 1. The highest BCUT2D eigenvalue weighted by Crippen LogP contribution is 2.41. The highest BCUT2D eigenvalue weighted by molar-refractivity contribution is 5.87. The van der Waals surface area contributed by atoms with Crippen molar-refractivity contribution in [1.29, 1.82) is 0 Å². The molecule has 1 aromatic heterocycles. The predicted molar refractivity (Wildman–Crippen MR) is 87.9 cm³/mol. The summed E-state index contributed by atoms with van der Waals surface area (Å²) in [6.07, 6.45) is 4.38. The zero-order chi connectivity index (χ0) is 17.6. The van der Waals surface area contributed by atoms with E-state index < -0.39 is 17.9 Å². The number of carboxylic acids is 1. The first-order valence-electron chi connectivity index (χ1n) is 8.28. The number of hydrogen-bond donors (Lipinski definition) is 1. The van der Waals surface area contributed by atoms with Crippen LogP contribution in [0.2, 0.25) is 0 Å². The molecule has 1 saturated heterocycles. The molecule has 1 amide bonds. The van der Waals surface area contributed by atoms with Crippen LogP contribution in [-0.4, -0.2) is 38.3 Å². The lowest BCUT2D eigenvalue weighted by atomic mass is 9.92. The van der Waals surface area contributed by atoms with Gasteiger partial charge < -0.3 is 14.7 Å². The molecule has 4 rings (SSSR count). The molecule has 0 radical (unpaired) electrons. The van der Waals surface area contributed by atoms with E-state index >= 15 is 0 Å². The minimum Gasteiger partial charge on any atom is -0.493 e. The van der Waals surface area contributed by atoms with Gasteiger partial charge >= 0.3 is 5.97 Å². The number of amides is 1. The van der Waals surface area contributed by atoms with Gasteiger partial charge in [-0.25, -0.2) is 0 Å². The van der Waals surface area contributed by atoms with Crippen molar-refractivity contribution in [3.63, 3.8) is 0 Å². The van der Waals surface area contributed by atoms with Crippen LogP contribution < -0.4 is 4.74 Å². The highest BCUT2D eigenvalue weighted by atomic mass is 16.5. The molecule has 0 saturated carbocycles. The highest BCUT2D eigenvalue weighted by Gasteiger charge is 2.44. The summed E-state index contributed by atoms with van der Waals surface area (Å²) in [5, 5.41) is 13.8. The maximum atomic E-state index is 12.5. The molecule has 1 fully saturated rings. The van der Waals surface area contributed by atoms with Crippen LogP contribution in [0.3, 0.4) is 0 Å². The zero-order valence-corrected chi connectivity index (χ0v) is 13.9. The Kier molecular flexibility index (Phi) is 3.71. The average Bonchev–Trinajstić information content (AvgIpc) is 3.27.